The molecule has 19 heavy (non-hydrogen) atoms. The van der Waals surface area contributed by atoms with Crippen molar-refractivity contribution in [3.63, 3.8) is 0 Å². The van der Waals surface area contributed by atoms with Crippen molar-refractivity contribution >= 4 is 11.7 Å². The lowest BCUT2D eigenvalue weighted by Crippen LogP contribution is -2.12. The zero-order valence-corrected chi connectivity index (χ0v) is 10.4. The number of carbonyl (C=O) groups excluding carboxylic acids is 1. The minimum absolute atomic E-state index is 0.0456. The first-order valence-electron chi connectivity index (χ1n) is 5.62. The number of rotatable bonds is 4. The molecule has 0 bridgehead atoms. The maximum atomic E-state index is 11.2. The lowest BCUT2D eigenvalue weighted by atomic mass is 10.1. The molecule has 0 aliphatic rings. The molecule has 0 radical (unpaired) electrons. The zero-order chi connectivity index (χ0) is 13.8. The minimum Gasteiger partial charge on any atom is -0.463 e. The fourth-order valence-electron chi connectivity index (χ4n) is 1.66. The molecule has 1 unspecified atom stereocenters. The van der Waals surface area contributed by atoms with Gasteiger partial charge >= 0.3 is 5.97 Å². The highest BCUT2D eigenvalue weighted by Gasteiger charge is 2.15. The third-order valence-electron chi connectivity index (χ3n) is 2.62. The average Bonchev–Trinajstić information content (AvgIpc) is 2.86. The smallest absolute Gasteiger partial charge is 0.377 e. The summed E-state index contributed by atoms with van der Waals surface area (Å²) in [7, 11) is 1.25. The summed E-state index contributed by atoms with van der Waals surface area (Å²) in [4.78, 5) is 15.0. The molecule has 1 aromatic carbocycles. The predicted molar refractivity (Wildman–Crippen MR) is 67.2 cm³/mol. The summed E-state index contributed by atoms with van der Waals surface area (Å²) in [5.74, 6) is -0.664. The van der Waals surface area contributed by atoms with Crippen LogP contribution in [0.4, 0.5) is 5.69 Å². The van der Waals surface area contributed by atoms with E-state index < -0.39 is 12.1 Å². The Morgan fingerprint density at radius 3 is 2.95 bits per heavy atom. The van der Waals surface area contributed by atoms with Gasteiger partial charge in [0.15, 0.2) is 0 Å². The first-order chi connectivity index (χ1) is 9.11. The number of aliphatic hydroxyl groups is 1. The third kappa shape index (κ3) is 2.89. The van der Waals surface area contributed by atoms with E-state index in [1.807, 2.05) is 0 Å². The summed E-state index contributed by atoms with van der Waals surface area (Å²) in [6.45, 7) is 0.151. The number of nitrogens with zero attached hydrogens (tertiary/aromatic N) is 3. The van der Waals surface area contributed by atoms with Crippen molar-refractivity contribution < 1.29 is 14.6 Å². The number of nitrogens with two attached hydrogens (primary N) is 1. The maximum absolute atomic E-state index is 11.2. The number of hydrogen-bond acceptors (Lipinski definition) is 6. The Bertz CT molecular complexity index is 582. The highest BCUT2D eigenvalue weighted by molar-refractivity contribution is 5.84. The van der Waals surface area contributed by atoms with Crippen LogP contribution in [0.5, 0.6) is 0 Å². The normalized spacial score (nSPS) is 12.1. The van der Waals surface area contributed by atoms with Crippen molar-refractivity contribution in [1.82, 2.24) is 14.8 Å². The molecular weight excluding hydrogens is 248 g/mol. The van der Waals surface area contributed by atoms with E-state index >= 15 is 0 Å². The van der Waals surface area contributed by atoms with Gasteiger partial charge in [-0.3, -0.25) is 0 Å². The van der Waals surface area contributed by atoms with Crippen LogP contribution in [0.15, 0.2) is 30.6 Å². The molecule has 0 aliphatic carbocycles. The summed E-state index contributed by atoms with van der Waals surface area (Å²) in [6.07, 6.45) is 0.530. The second-order valence-electron chi connectivity index (χ2n) is 3.93. The summed E-state index contributed by atoms with van der Waals surface area (Å²) >= 11 is 0. The Kier molecular flexibility index (Phi) is 3.76. The van der Waals surface area contributed by atoms with Crippen LogP contribution < -0.4 is 5.73 Å². The molecule has 0 aliphatic heterocycles. The van der Waals surface area contributed by atoms with Gasteiger partial charge < -0.3 is 15.6 Å². The van der Waals surface area contributed by atoms with Crippen LogP contribution in [-0.2, 0) is 11.3 Å². The zero-order valence-electron chi connectivity index (χ0n) is 10.4. The predicted octanol–water partition coefficient (Wildman–Crippen LogP) is 0.381. The van der Waals surface area contributed by atoms with E-state index in [0.29, 0.717) is 11.3 Å². The number of aliphatic hydroxyl groups excluding tert-OH is 1. The Morgan fingerprint density at radius 2 is 2.26 bits per heavy atom. The number of nitrogen functional groups attached to an aromatic ring is 1. The molecule has 1 heterocycles. The lowest BCUT2D eigenvalue weighted by Gasteiger charge is -2.12. The number of para-hydroxylation sites is 1. The van der Waals surface area contributed by atoms with Gasteiger partial charge in [-0.2, -0.15) is 0 Å². The molecule has 1 atom stereocenters. The molecule has 2 rings (SSSR count). The van der Waals surface area contributed by atoms with Crippen molar-refractivity contribution in [3.05, 3.63) is 42.0 Å². The van der Waals surface area contributed by atoms with E-state index in [1.165, 1.54) is 18.1 Å². The number of anilines is 1. The Hall–Kier alpha value is -2.41. The van der Waals surface area contributed by atoms with Gasteiger partial charge in [0, 0.05) is 11.3 Å². The molecule has 2 aromatic rings. The van der Waals surface area contributed by atoms with Crippen LogP contribution in [-0.4, -0.2) is 33.0 Å². The Labute approximate surface area is 109 Å². The molecule has 0 fully saturated rings. The molecule has 7 nitrogen and oxygen atoms in total. The third-order valence-corrected chi connectivity index (χ3v) is 2.62. The van der Waals surface area contributed by atoms with E-state index in [1.54, 1.807) is 24.3 Å². The van der Waals surface area contributed by atoms with E-state index in [9.17, 15) is 9.90 Å². The molecule has 0 saturated carbocycles. The number of esters is 1. The Morgan fingerprint density at radius 1 is 1.53 bits per heavy atom. The van der Waals surface area contributed by atoms with Crippen LogP contribution in [0.1, 0.15) is 22.3 Å². The largest absolute Gasteiger partial charge is 0.463 e. The molecule has 0 spiro atoms. The lowest BCUT2D eigenvalue weighted by molar-refractivity contribution is 0.0585. The van der Waals surface area contributed by atoms with E-state index in [4.69, 9.17) is 5.73 Å². The van der Waals surface area contributed by atoms with Gasteiger partial charge in [-0.05, 0) is 6.07 Å². The molecule has 7 heteroatoms. The van der Waals surface area contributed by atoms with Crippen molar-refractivity contribution in [2.24, 2.45) is 0 Å². The monoisotopic (exact) mass is 262 g/mol. The van der Waals surface area contributed by atoms with Gasteiger partial charge in [0.05, 0.1) is 13.7 Å². The summed E-state index contributed by atoms with van der Waals surface area (Å²) in [6, 6.07) is 7.02. The molecule has 0 saturated heterocycles. The maximum Gasteiger partial charge on any atom is 0.377 e. The van der Waals surface area contributed by atoms with Crippen LogP contribution in [0, 0.1) is 0 Å². The minimum atomic E-state index is -0.826. The van der Waals surface area contributed by atoms with Crippen LogP contribution >= 0.6 is 0 Å². The van der Waals surface area contributed by atoms with Crippen molar-refractivity contribution in [3.8, 4) is 0 Å². The standard InChI is InChI=1S/C12H14N4O3/c1-19-12(18)11-14-7-16(15-11)6-10(17)8-4-2-3-5-9(8)13/h2-5,7,10,17H,6,13H2,1H3. The Balaban J connectivity index is 2.11. The van der Waals surface area contributed by atoms with E-state index in [-0.39, 0.29) is 12.4 Å². The average molecular weight is 262 g/mol. The van der Waals surface area contributed by atoms with Gasteiger partial charge in [0.2, 0.25) is 0 Å². The van der Waals surface area contributed by atoms with Crippen LogP contribution in [0.2, 0.25) is 0 Å². The number of aromatic nitrogens is 3. The fourth-order valence-corrected chi connectivity index (χ4v) is 1.66. The van der Waals surface area contributed by atoms with Gasteiger partial charge in [-0.25, -0.2) is 14.5 Å². The molecule has 0 amide bonds. The fraction of sp³-hybridized carbons (Fsp3) is 0.250. The molecule has 100 valence electrons. The van der Waals surface area contributed by atoms with Gasteiger partial charge in [0.25, 0.3) is 5.82 Å². The second-order valence-corrected chi connectivity index (χ2v) is 3.93. The van der Waals surface area contributed by atoms with Crippen LogP contribution in [0.3, 0.4) is 0 Å². The van der Waals surface area contributed by atoms with Crippen molar-refractivity contribution in [2.75, 3.05) is 12.8 Å². The number of benzene rings is 1. The van der Waals surface area contributed by atoms with E-state index in [0.717, 1.165) is 0 Å². The van der Waals surface area contributed by atoms with Crippen molar-refractivity contribution in [1.29, 1.82) is 0 Å². The topological polar surface area (TPSA) is 103 Å². The van der Waals surface area contributed by atoms with Gasteiger partial charge in [0.1, 0.15) is 12.4 Å². The summed E-state index contributed by atoms with van der Waals surface area (Å²) < 4.78 is 5.86. The SMILES string of the molecule is COC(=O)c1ncn(CC(O)c2ccccc2N)n1. The van der Waals surface area contributed by atoms with Gasteiger partial charge in [-0.15, -0.1) is 5.10 Å². The highest BCUT2D eigenvalue weighted by atomic mass is 16.5. The molecular formula is C12H14N4O3. The van der Waals surface area contributed by atoms with Gasteiger partial charge in [-0.1, -0.05) is 18.2 Å². The van der Waals surface area contributed by atoms with E-state index in [2.05, 4.69) is 14.8 Å². The second kappa shape index (κ2) is 5.49. The molecule has 1 aromatic heterocycles. The quantitative estimate of drug-likeness (QED) is 0.610. The van der Waals surface area contributed by atoms with Crippen molar-refractivity contribution in [2.45, 2.75) is 12.6 Å². The molecule has 3 N–H and O–H groups in total. The number of methoxy groups -OCH3 is 1. The first-order valence-corrected chi connectivity index (χ1v) is 5.62. The summed E-state index contributed by atoms with van der Waals surface area (Å²) in [5, 5.41) is 14.0. The number of ether oxygens (including phenoxy) is 1. The summed E-state index contributed by atoms with van der Waals surface area (Å²) in [5.41, 5.74) is 6.88. The van der Waals surface area contributed by atoms with Crippen LogP contribution in [0.25, 0.3) is 0 Å². The number of carbonyl (C=O) groups is 1. The number of hydrogen-bond donors (Lipinski definition) is 2. The first kappa shape index (κ1) is 13.0. The highest BCUT2D eigenvalue weighted by Crippen LogP contribution is 2.20.